The Morgan fingerprint density at radius 3 is 2.05 bits per heavy atom. The van der Waals surface area contributed by atoms with Crippen LogP contribution in [0.4, 0.5) is 0 Å². The van der Waals surface area contributed by atoms with Crippen molar-refractivity contribution < 1.29 is 13.5 Å². The summed E-state index contributed by atoms with van der Waals surface area (Å²) in [5, 5.41) is 9.14. The van der Waals surface area contributed by atoms with E-state index in [9.17, 15) is 13.5 Å². The third-order valence-corrected chi connectivity index (χ3v) is 6.96. The molecule has 0 aromatic heterocycles. The van der Waals surface area contributed by atoms with E-state index in [1.54, 1.807) is 30.3 Å². The van der Waals surface area contributed by atoms with E-state index in [1.165, 1.54) is 0 Å². The number of benzene rings is 2. The highest BCUT2D eigenvalue weighted by Crippen LogP contribution is 2.63. The molecule has 0 amide bonds. The van der Waals surface area contributed by atoms with Crippen LogP contribution in [0.5, 0.6) is 0 Å². The molecule has 4 nitrogen and oxygen atoms in total. The van der Waals surface area contributed by atoms with Crippen molar-refractivity contribution in [3.8, 4) is 0 Å². The largest absolute Gasteiger partial charge is 0.396 e. The summed E-state index contributed by atoms with van der Waals surface area (Å²) in [7, 11) is -3.53. The van der Waals surface area contributed by atoms with Crippen molar-refractivity contribution in [1.82, 2.24) is 0 Å². The molecule has 3 N–H and O–H groups in total. The predicted octanol–water partition coefficient (Wildman–Crippen LogP) is 1.56. The monoisotopic (exact) mass is 317 g/mol. The van der Waals surface area contributed by atoms with Gasteiger partial charge in [-0.15, -0.1) is 0 Å². The molecular weight excluding hydrogens is 298 g/mol. The summed E-state index contributed by atoms with van der Waals surface area (Å²) in [6.45, 7) is -0.0976. The van der Waals surface area contributed by atoms with Crippen molar-refractivity contribution in [3.05, 3.63) is 66.2 Å². The molecule has 0 heterocycles. The summed E-state index contributed by atoms with van der Waals surface area (Å²) in [5.74, 6) is -0.270. The minimum Gasteiger partial charge on any atom is -0.396 e. The van der Waals surface area contributed by atoms with Gasteiger partial charge in [0.1, 0.15) is 0 Å². The molecule has 1 aliphatic rings. The fraction of sp³-hybridized carbons (Fsp3) is 0.294. The van der Waals surface area contributed by atoms with E-state index >= 15 is 0 Å². The molecule has 1 aliphatic carbocycles. The Hall–Kier alpha value is -1.69. The van der Waals surface area contributed by atoms with Crippen LogP contribution in [0.15, 0.2) is 65.6 Å². The maximum absolute atomic E-state index is 12.9. The van der Waals surface area contributed by atoms with Crippen molar-refractivity contribution in [2.75, 3.05) is 13.2 Å². The van der Waals surface area contributed by atoms with Gasteiger partial charge >= 0.3 is 0 Å². The Labute approximate surface area is 130 Å². The van der Waals surface area contributed by atoms with Crippen LogP contribution in [0.2, 0.25) is 0 Å². The van der Waals surface area contributed by atoms with Gasteiger partial charge in [-0.25, -0.2) is 8.42 Å². The van der Waals surface area contributed by atoms with Crippen molar-refractivity contribution in [2.24, 2.45) is 11.1 Å². The van der Waals surface area contributed by atoms with E-state index in [1.807, 2.05) is 30.3 Å². The maximum atomic E-state index is 12.9. The quantitative estimate of drug-likeness (QED) is 0.877. The lowest BCUT2D eigenvalue weighted by Crippen LogP contribution is -2.27. The first-order valence-electron chi connectivity index (χ1n) is 7.23. The second kappa shape index (κ2) is 5.50. The first-order chi connectivity index (χ1) is 10.6. The molecule has 22 heavy (non-hydrogen) atoms. The minimum absolute atomic E-state index is 0.139. The number of hydrogen-bond donors (Lipinski definition) is 2. The van der Waals surface area contributed by atoms with Gasteiger partial charge in [0.05, 0.1) is 16.8 Å². The molecule has 0 saturated heterocycles. The molecule has 0 radical (unpaired) electrons. The summed E-state index contributed by atoms with van der Waals surface area (Å²) >= 11 is 0. The molecule has 3 atom stereocenters. The second-order valence-electron chi connectivity index (χ2n) is 5.76. The van der Waals surface area contributed by atoms with Crippen LogP contribution < -0.4 is 5.73 Å². The fourth-order valence-corrected chi connectivity index (χ4v) is 5.83. The van der Waals surface area contributed by atoms with Gasteiger partial charge in [-0.3, -0.25) is 0 Å². The highest BCUT2D eigenvalue weighted by atomic mass is 32.2. The van der Waals surface area contributed by atoms with Gasteiger partial charge in [-0.2, -0.15) is 0 Å². The summed E-state index contributed by atoms with van der Waals surface area (Å²) in [6.07, 6.45) is 0. The number of hydrogen-bond acceptors (Lipinski definition) is 4. The number of aliphatic hydroxyl groups is 1. The maximum Gasteiger partial charge on any atom is 0.182 e. The van der Waals surface area contributed by atoms with Gasteiger partial charge in [0, 0.05) is 17.9 Å². The van der Waals surface area contributed by atoms with Crippen LogP contribution in [0.1, 0.15) is 11.5 Å². The zero-order chi connectivity index (χ0) is 15.8. The number of sulfone groups is 1. The van der Waals surface area contributed by atoms with Gasteiger partial charge in [-0.1, -0.05) is 48.5 Å². The van der Waals surface area contributed by atoms with Crippen LogP contribution >= 0.6 is 0 Å². The van der Waals surface area contributed by atoms with Crippen molar-refractivity contribution in [1.29, 1.82) is 0 Å². The Balaban J connectivity index is 2.06. The first kappa shape index (κ1) is 15.2. The summed E-state index contributed by atoms with van der Waals surface area (Å²) < 4.78 is 25.9. The van der Waals surface area contributed by atoms with Crippen molar-refractivity contribution in [3.63, 3.8) is 0 Å². The smallest absolute Gasteiger partial charge is 0.182 e. The molecule has 1 fully saturated rings. The lowest BCUT2D eigenvalue weighted by atomic mass is 10.0. The third-order valence-electron chi connectivity index (χ3n) is 4.62. The van der Waals surface area contributed by atoms with E-state index in [0.717, 1.165) is 5.56 Å². The van der Waals surface area contributed by atoms with Crippen molar-refractivity contribution >= 4 is 9.84 Å². The van der Waals surface area contributed by atoms with Crippen LogP contribution in [-0.4, -0.2) is 31.9 Å². The molecule has 5 heteroatoms. The fourth-order valence-electron chi connectivity index (χ4n) is 3.36. The van der Waals surface area contributed by atoms with E-state index < -0.39 is 20.5 Å². The Bertz CT molecular complexity index is 740. The Morgan fingerprint density at radius 2 is 1.55 bits per heavy atom. The molecule has 3 rings (SSSR count). The molecule has 0 bridgehead atoms. The zero-order valence-corrected chi connectivity index (χ0v) is 12.9. The lowest BCUT2D eigenvalue weighted by molar-refractivity contribution is 0.212. The first-order valence-corrected chi connectivity index (χ1v) is 8.77. The number of rotatable bonds is 5. The normalized spacial score (nSPS) is 27.5. The summed E-state index contributed by atoms with van der Waals surface area (Å²) in [6, 6.07) is 17.8. The zero-order valence-electron chi connectivity index (χ0n) is 12.1. The molecular formula is C17H19NO3S. The SMILES string of the molecule is NC[C@@]1(CO)[C@H](c2ccccc2)[C@@H]1S(=O)(=O)c1ccccc1. The molecule has 0 spiro atoms. The minimum atomic E-state index is -3.53. The standard InChI is InChI=1S/C17H19NO3S/c18-11-17(12-19)15(13-7-3-1-4-8-13)16(17)22(20,21)14-9-5-2-6-10-14/h1-10,15-16,19H,11-12,18H2/t15-,16+,17-/m1/s1. The highest BCUT2D eigenvalue weighted by molar-refractivity contribution is 7.92. The molecule has 2 aromatic rings. The van der Waals surface area contributed by atoms with E-state index in [4.69, 9.17) is 5.73 Å². The molecule has 1 saturated carbocycles. The molecule has 0 unspecified atom stereocenters. The van der Waals surface area contributed by atoms with Gasteiger partial charge in [0.15, 0.2) is 9.84 Å². The van der Waals surface area contributed by atoms with Gasteiger partial charge in [-0.05, 0) is 17.7 Å². The molecule has 2 aromatic carbocycles. The Morgan fingerprint density at radius 1 is 1.00 bits per heavy atom. The second-order valence-corrected chi connectivity index (χ2v) is 7.83. The average Bonchev–Trinajstić information content (AvgIpc) is 3.27. The predicted molar refractivity (Wildman–Crippen MR) is 85.2 cm³/mol. The Kier molecular flexibility index (Phi) is 3.80. The number of aliphatic hydroxyl groups excluding tert-OH is 1. The lowest BCUT2D eigenvalue weighted by Gasteiger charge is -2.12. The highest BCUT2D eigenvalue weighted by Gasteiger charge is 2.69. The van der Waals surface area contributed by atoms with Gasteiger partial charge in [0.25, 0.3) is 0 Å². The molecule has 116 valence electrons. The molecule has 0 aliphatic heterocycles. The number of nitrogens with two attached hydrogens (primary N) is 1. The van der Waals surface area contributed by atoms with Crippen LogP contribution in [-0.2, 0) is 9.84 Å². The van der Waals surface area contributed by atoms with E-state index in [2.05, 4.69) is 0 Å². The van der Waals surface area contributed by atoms with E-state index in [0.29, 0.717) is 0 Å². The van der Waals surface area contributed by atoms with Gasteiger partial charge in [0.2, 0.25) is 0 Å². The van der Waals surface area contributed by atoms with Crippen LogP contribution in [0.3, 0.4) is 0 Å². The average molecular weight is 317 g/mol. The summed E-state index contributed by atoms with van der Waals surface area (Å²) in [5.41, 5.74) is 5.96. The summed E-state index contributed by atoms with van der Waals surface area (Å²) in [4.78, 5) is 0.282. The van der Waals surface area contributed by atoms with Gasteiger partial charge < -0.3 is 10.8 Å². The van der Waals surface area contributed by atoms with E-state index in [-0.39, 0.29) is 24.0 Å². The topological polar surface area (TPSA) is 80.4 Å². The third kappa shape index (κ3) is 2.17. The van der Waals surface area contributed by atoms with Crippen LogP contribution in [0, 0.1) is 5.41 Å². The van der Waals surface area contributed by atoms with Crippen LogP contribution in [0.25, 0.3) is 0 Å². The van der Waals surface area contributed by atoms with Crippen molar-refractivity contribution in [2.45, 2.75) is 16.1 Å².